The van der Waals surface area contributed by atoms with E-state index in [0.717, 1.165) is 17.9 Å². The Morgan fingerprint density at radius 2 is 1.94 bits per heavy atom. The van der Waals surface area contributed by atoms with Crippen LogP contribution in [0, 0.1) is 0 Å². The van der Waals surface area contributed by atoms with Crippen molar-refractivity contribution in [1.82, 2.24) is 5.32 Å². The van der Waals surface area contributed by atoms with Crippen molar-refractivity contribution in [2.75, 3.05) is 7.11 Å². The van der Waals surface area contributed by atoms with E-state index in [4.69, 9.17) is 4.74 Å². The summed E-state index contributed by atoms with van der Waals surface area (Å²) >= 11 is 0. The predicted octanol–water partition coefficient (Wildman–Crippen LogP) is 2.71. The van der Waals surface area contributed by atoms with Crippen molar-refractivity contribution in [3.63, 3.8) is 0 Å². The van der Waals surface area contributed by atoms with E-state index in [1.54, 1.807) is 20.1 Å². The minimum atomic E-state index is 0.0663. The predicted molar refractivity (Wildman–Crippen MR) is 73.7 cm³/mol. The highest BCUT2D eigenvalue weighted by Gasteiger charge is 2.04. The molecular formula is C15H21NO2. The number of methoxy groups -OCH3 is 1. The highest BCUT2D eigenvalue weighted by Crippen LogP contribution is 2.12. The van der Waals surface area contributed by atoms with E-state index in [0.29, 0.717) is 0 Å². The topological polar surface area (TPSA) is 38.3 Å². The molecule has 1 aromatic carbocycles. The molecule has 1 rings (SSSR count). The lowest BCUT2D eigenvalue weighted by Gasteiger charge is -2.15. The Morgan fingerprint density at radius 1 is 1.33 bits per heavy atom. The Labute approximate surface area is 109 Å². The zero-order chi connectivity index (χ0) is 13.5. The fourth-order valence-corrected chi connectivity index (χ4v) is 1.90. The molecule has 3 nitrogen and oxygen atoms in total. The Bertz CT molecular complexity index is 421. The third kappa shape index (κ3) is 5.04. The summed E-state index contributed by atoms with van der Waals surface area (Å²) in [5.74, 6) is 0.934. The van der Waals surface area contributed by atoms with Crippen molar-refractivity contribution in [2.45, 2.75) is 33.2 Å². The Balaban J connectivity index is 2.53. The molecule has 0 amide bonds. The van der Waals surface area contributed by atoms with Gasteiger partial charge < -0.3 is 10.1 Å². The van der Waals surface area contributed by atoms with Crippen molar-refractivity contribution < 1.29 is 9.53 Å². The van der Waals surface area contributed by atoms with Crippen LogP contribution >= 0.6 is 0 Å². The molecule has 18 heavy (non-hydrogen) atoms. The Hall–Kier alpha value is -1.77. The van der Waals surface area contributed by atoms with Crippen molar-refractivity contribution in [1.29, 1.82) is 0 Å². The van der Waals surface area contributed by atoms with Gasteiger partial charge in [-0.15, -0.1) is 0 Å². The number of hydrogen-bond acceptors (Lipinski definition) is 3. The second kappa shape index (κ2) is 6.84. The third-order valence-electron chi connectivity index (χ3n) is 2.59. The van der Waals surface area contributed by atoms with Crippen molar-refractivity contribution >= 4 is 5.78 Å². The number of rotatable bonds is 6. The van der Waals surface area contributed by atoms with Crippen LogP contribution in [0.4, 0.5) is 0 Å². The summed E-state index contributed by atoms with van der Waals surface area (Å²) in [5.41, 5.74) is 2.15. The number of benzene rings is 1. The maximum atomic E-state index is 10.9. The minimum absolute atomic E-state index is 0.0663. The number of ketones is 1. The molecule has 1 atom stereocenters. The highest BCUT2D eigenvalue weighted by molar-refractivity contribution is 5.87. The van der Waals surface area contributed by atoms with Gasteiger partial charge in [-0.25, -0.2) is 0 Å². The SMILES string of the molecule is COc1ccc(CC(C)NC(C)=CC(C)=O)cc1. The molecule has 3 heteroatoms. The van der Waals surface area contributed by atoms with Crippen LogP contribution in [0.1, 0.15) is 26.3 Å². The first-order valence-electron chi connectivity index (χ1n) is 6.09. The third-order valence-corrected chi connectivity index (χ3v) is 2.59. The summed E-state index contributed by atoms with van der Waals surface area (Å²) in [6.07, 6.45) is 2.53. The van der Waals surface area contributed by atoms with Gasteiger partial charge in [0.1, 0.15) is 5.75 Å². The van der Waals surface area contributed by atoms with Crippen LogP contribution in [0.5, 0.6) is 5.75 Å². The molecular weight excluding hydrogens is 226 g/mol. The molecule has 0 spiro atoms. The summed E-state index contributed by atoms with van der Waals surface area (Å²) in [5, 5.41) is 3.30. The molecule has 0 aliphatic rings. The van der Waals surface area contributed by atoms with Crippen LogP contribution in [-0.4, -0.2) is 18.9 Å². The first-order valence-corrected chi connectivity index (χ1v) is 6.09. The van der Waals surface area contributed by atoms with E-state index < -0.39 is 0 Å². The average Bonchev–Trinajstić information content (AvgIpc) is 2.28. The summed E-state index contributed by atoms with van der Waals surface area (Å²) in [6.45, 7) is 5.56. The second-order valence-corrected chi connectivity index (χ2v) is 4.54. The van der Waals surface area contributed by atoms with Gasteiger partial charge >= 0.3 is 0 Å². The monoisotopic (exact) mass is 247 g/mol. The molecule has 0 aromatic heterocycles. The summed E-state index contributed by atoms with van der Waals surface area (Å²) in [7, 11) is 1.66. The summed E-state index contributed by atoms with van der Waals surface area (Å²) in [4.78, 5) is 10.9. The maximum Gasteiger partial charge on any atom is 0.154 e. The van der Waals surface area contributed by atoms with Crippen LogP contribution in [0.3, 0.4) is 0 Å². The molecule has 0 heterocycles. The lowest BCUT2D eigenvalue weighted by molar-refractivity contribution is -0.112. The normalized spacial score (nSPS) is 13.0. The van der Waals surface area contributed by atoms with E-state index in [-0.39, 0.29) is 11.8 Å². The van der Waals surface area contributed by atoms with Crippen molar-refractivity contribution in [3.05, 3.63) is 41.6 Å². The number of carbonyl (C=O) groups is 1. The van der Waals surface area contributed by atoms with Gasteiger partial charge in [-0.2, -0.15) is 0 Å². The Kier molecular flexibility index (Phi) is 5.43. The molecule has 0 aliphatic heterocycles. The zero-order valence-corrected chi connectivity index (χ0v) is 11.5. The lowest BCUT2D eigenvalue weighted by Crippen LogP contribution is -2.26. The molecule has 0 aliphatic carbocycles. The molecule has 1 unspecified atom stereocenters. The molecule has 0 saturated carbocycles. The largest absolute Gasteiger partial charge is 0.497 e. The van der Waals surface area contributed by atoms with Crippen LogP contribution in [0.25, 0.3) is 0 Å². The standard InChI is InChI=1S/C15H21NO2/c1-11(9-13(3)17)16-12(2)10-14-5-7-15(18-4)8-6-14/h5-9,12,16H,10H2,1-4H3. The zero-order valence-electron chi connectivity index (χ0n) is 11.5. The quantitative estimate of drug-likeness (QED) is 0.785. The van der Waals surface area contributed by atoms with Crippen LogP contribution in [0.2, 0.25) is 0 Å². The summed E-state index contributed by atoms with van der Waals surface area (Å²) in [6, 6.07) is 8.32. The van der Waals surface area contributed by atoms with E-state index in [9.17, 15) is 4.79 Å². The molecule has 0 fully saturated rings. The highest BCUT2D eigenvalue weighted by atomic mass is 16.5. The van der Waals surface area contributed by atoms with Crippen LogP contribution < -0.4 is 10.1 Å². The number of allylic oxidation sites excluding steroid dienone is 2. The van der Waals surface area contributed by atoms with Crippen molar-refractivity contribution in [3.8, 4) is 5.75 Å². The molecule has 0 radical (unpaired) electrons. The first-order chi connectivity index (χ1) is 8.51. The van der Waals surface area contributed by atoms with Crippen molar-refractivity contribution in [2.24, 2.45) is 0 Å². The van der Waals surface area contributed by atoms with Gasteiger partial charge in [-0.05, 0) is 51.0 Å². The van der Waals surface area contributed by atoms with Crippen LogP contribution in [0.15, 0.2) is 36.0 Å². The van der Waals surface area contributed by atoms with Gasteiger partial charge in [0, 0.05) is 11.7 Å². The fraction of sp³-hybridized carbons (Fsp3) is 0.400. The average molecular weight is 247 g/mol. The fourth-order valence-electron chi connectivity index (χ4n) is 1.90. The van der Waals surface area contributed by atoms with E-state index >= 15 is 0 Å². The van der Waals surface area contributed by atoms with E-state index in [1.807, 2.05) is 19.1 Å². The van der Waals surface area contributed by atoms with Gasteiger partial charge in [0.2, 0.25) is 0 Å². The molecule has 0 saturated heterocycles. The number of nitrogens with one attached hydrogen (secondary N) is 1. The Morgan fingerprint density at radius 3 is 2.44 bits per heavy atom. The molecule has 1 N–H and O–H groups in total. The van der Waals surface area contributed by atoms with Gasteiger partial charge in [-0.1, -0.05) is 12.1 Å². The van der Waals surface area contributed by atoms with Crippen LogP contribution in [-0.2, 0) is 11.2 Å². The second-order valence-electron chi connectivity index (χ2n) is 4.54. The van der Waals surface area contributed by atoms with Gasteiger partial charge in [0.15, 0.2) is 5.78 Å². The summed E-state index contributed by atoms with van der Waals surface area (Å²) < 4.78 is 5.12. The number of carbonyl (C=O) groups excluding carboxylic acids is 1. The molecule has 0 bridgehead atoms. The smallest absolute Gasteiger partial charge is 0.154 e. The number of hydrogen-bond donors (Lipinski definition) is 1. The lowest BCUT2D eigenvalue weighted by atomic mass is 10.1. The number of ether oxygens (including phenoxy) is 1. The first kappa shape index (κ1) is 14.3. The van der Waals surface area contributed by atoms with Gasteiger partial charge in [0.05, 0.1) is 7.11 Å². The van der Waals surface area contributed by atoms with Gasteiger partial charge in [0.25, 0.3) is 0 Å². The van der Waals surface area contributed by atoms with Gasteiger partial charge in [-0.3, -0.25) is 4.79 Å². The maximum absolute atomic E-state index is 10.9. The molecule has 98 valence electrons. The molecule has 1 aromatic rings. The minimum Gasteiger partial charge on any atom is -0.497 e. The van der Waals surface area contributed by atoms with E-state index in [1.165, 1.54) is 5.56 Å². The van der Waals surface area contributed by atoms with E-state index in [2.05, 4.69) is 24.4 Å².